The third-order valence-corrected chi connectivity index (χ3v) is 2.48. The molecular formula is C10H13BrN2O2. The SMILES string of the molecule is CNCC(=O)Nc1cc(OC)ccc1Br. The second-order valence-electron chi connectivity index (χ2n) is 2.92. The molecule has 0 radical (unpaired) electrons. The third kappa shape index (κ3) is 3.53. The van der Waals surface area contributed by atoms with Gasteiger partial charge < -0.3 is 15.4 Å². The molecular weight excluding hydrogens is 260 g/mol. The van der Waals surface area contributed by atoms with E-state index in [0.29, 0.717) is 11.4 Å². The first-order valence-corrected chi connectivity index (χ1v) is 5.24. The van der Waals surface area contributed by atoms with Crippen LogP contribution in [0.2, 0.25) is 0 Å². The van der Waals surface area contributed by atoms with Crippen LogP contribution < -0.4 is 15.4 Å². The van der Waals surface area contributed by atoms with Crippen molar-refractivity contribution in [3.8, 4) is 5.75 Å². The molecule has 0 aliphatic carbocycles. The van der Waals surface area contributed by atoms with E-state index in [9.17, 15) is 4.79 Å². The largest absolute Gasteiger partial charge is 0.497 e. The fraction of sp³-hybridized carbons (Fsp3) is 0.300. The topological polar surface area (TPSA) is 50.4 Å². The number of nitrogens with one attached hydrogen (secondary N) is 2. The molecule has 0 fully saturated rings. The van der Waals surface area contributed by atoms with Gasteiger partial charge in [0.05, 0.1) is 19.3 Å². The van der Waals surface area contributed by atoms with E-state index in [1.807, 2.05) is 12.1 Å². The first-order valence-electron chi connectivity index (χ1n) is 4.45. The Hall–Kier alpha value is -1.07. The first-order chi connectivity index (χ1) is 7.17. The molecule has 2 N–H and O–H groups in total. The van der Waals surface area contributed by atoms with E-state index in [2.05, 4.69) is 26.6 Å². The van der Waals surface area contributed by atoms with Crippen LogP contribution in [-0.4, -0.2) is 26.6 Å². The summed E-state index contributed by atoms with van der Waals surface area (Å²) < 4.78 is 5.89. The van der Waals surface area contributed by atoms with Gasteiger partial charge in [0, 0.05) is 10.5 Å². The minimum Gasteiger partial charge on any atom is -0.497 e. The molecule has 0 aromatic heterocycles. The lowest BCUT2D eigenvalue weighted by Crippen LogP contribution is -2.25. The van der Waals surface area contributed by atoms with Crippen molar-refractivity contribution >= 4 is 27.5 Å². The maximum absolute atomic E-state index is 11.3. The molecule has 1 aromatic rings. The van der Waals surface area contributed by atoms with E-state index in [1.165, 1.54) is 0 Å². The summed E-state index contributed by atoms with van der Waals surface area (Å²) >= 11 is 3.35. The minimum absolute atomic E-state index is 0.0912. The van der Waals surface area contributed by atoms with Crippen LogP contribution in [0, 0.1) is 0 Å². The number of anilines is 1. The molecule has 82 valence electrons. The summed E-state index contributed by atoms with van der Waals surface area (Å²) in [5.74, 6) is 0.615. The molecule has 0 aliphatic rings. The molecule has 0 bridgehead atoms. The Morgan fingerprint density at radius 1 is 1.53 bits per heavy atom. The highest BCUT2D eigenvalue weighted by Crippen LogP contribution is 2.26. The lowest BCUT2D eigenvalue weighted by atomic mass is 10.3. The van der Waals surface area contributed by atoms with Gasteiger partial charge in [0.2, 0.25) is 5.91 Å². The number of carbonyl (C=O) groups excluding carboxylic acids is 1. The van der Waals surface area contributed by atoms with Crippen molar-refractivity contribution in [2.75, 3.05) is 26.0 Å². The molecule has 0 unspecified atom stereocenters. The monoisotopic (exact) mass is 272 g/mol. The molecule has 1 aromatic carbocycles. The van der Waals surface area contributed by atoms with Gasteiger partial charge in [-0.1, -0.05) is 0 Å². The van der Waals surface area contributed by atoms with Crippen LogP contribution in [0.3, 0.4) is 0 Å². The van der Waals surface area contributed by atoms with Gasteiger partial charge in [-0.05, 0) is 35.1 Å². The van der Waals surface area contributed by atoms with Crippen molar-refractivity contribution in [3.63, 3.8) is 0 Å². The van der Waals surface area contributed by atoms with Crippen LogP contribution in [0.4, 0.5) is 5.69 Å². The van der Waals surface area contributed by atoms with Gasteiger partial charge in [-0.3, -0.25) is 4.79 Å². The standard InChI is InChI=1S/C10H13BrN2O2/c1-12-6-10(14)13-9-5-7(15-2)3-4-8(9)11/h3-5,12H,6H2,1-2H3,(H,13,14). The minimum atomic E-state index is -0.0912. The van der Waals surface area contributed by atoms with Crippen molar-refractivity contribution in [1.82, 2.24) is 5.32 Å². The van der Waals surface area contributed by atoms with Crippen LogP contribution in [0.25, 0.3) is 0 Å². The fourth-order valence-corrected chi connectivity index (χ4v) is 1.43. The van der Waals surface area contributed by atoms with E-state index in [0.717, 1.165) is 4.47 Å². The first kappa shape index (κ1) is 12.0. The van der Waals surface area contributed by atoms with Crippen molar-refractivity contribution in [1.29, 1.82) is 0 Å². The summed E-state index contributed by atoms with van der Waals surface area (Å²) in [7, 11) is 3.31. The Morgan fingerprint density at radius 2 is 2.27 bits per heavy atom. The van der Waals surface area contributed by atoms with Gasteiger partial charge in [0.1, 0.15) is 5.75 Å². The number of hydrogen-bond acceptors (Lipinski definition) is 3. The Labute approximate surface area is 97.1 Å². The summed E-state index contributed by atoms with van der Waals surface area (Å²) in [4.78, 5) is 11.3. The summed E-state index contributed by atoms with van der Waals surface area (Å²) in [6.45, 7) is 0.281. The Kier molecular flexibility index (Phi) is 4.58. The summed E-state index contributed by atoms with van der Waals surface area (Å²) in [5, 5.41) is 5.53. The van der Waals surface area contributed by atoms with Crippen LogP contribution in [0.1, 0.15) is 0 Å². The number of ether oxygens (including phenoxy) is 1. The van der Waals surface area contributed by atoms with Crippen molar-refractivity contribution in [3.05, 3.63) is 22.7 Å². The molecule has 15 heavy (non-hydrogen) atoms. The average Bonchev–Trinajstić information content (AvgIpc) is 2.21. The highest BCUT2D eigenvalue weighted by Gasteiger charge is 2.05. The zero-order valence-electron chi connectivity index (χ0n) is 8.63. The maximum Gasteiger partial charge on any atom is 0.238 e. The Balaban J connectivity index is 2.79. The number of carbonyl (C=O) groups is 1. The zero-order chi connectivity index (χ0) is 11.3. The molecule has 1 rings (SSSR count). The maximum atomic E-state index is 11.3. The van der Waals surface area contributed by atoms with E-state index in [4.69, 9.17) is 4.74 Å². The van der Waals surface area contributed by atoms with Crippen LogP contribution in [-0.2, 0) is 4.79 Å². The van der Waals surface area contributed by atoms with Gasteiger partial charge in [0.15, 0.2) is 0 Å². The lowest BCUT2D eigenvalue weighted by Gasteiger charge is -2.08. The number of likely N-dealkylation sites (N-methyl/N-ethyl adjacent to an activating group) is 1. The number of hydrogen-bond donors (Lipinski definition) is 2. The van der Waals surface area contributed by atoms with Gasteiger partial charge in [0.25, 0.3) is 0 Å². The molecule has 0 saturated heterocycles. The molecule has 1 amide bonds. The van der Waals surface area contributed by atoms with E-state index < -0.39 is 0 Å². The number of methoxy groups -OCH3 is 1. The molecule has 0 heterocycles. The number of amides is 1. The van der Waals surface area contributed by atoms with Crippen molar-refractivity contribution in [2.24, 2.45) is 0 Å². The van der Waals surface area contributed by atoms with Crippen molar-refractivity contribution in [2.45, 2.75) is 0 Å². The molecule has 4 nitrogen and oxygen atoms in total. The van der Waals surface area contributed by atoms with Crippen molar-refractivity contribution < 1.29 is 9.53 Å². The molecule has 0 spiro atoms. The smallest absolute Gasteiger partial charge is 0.238 e. The van der Waals surface area contributed by atoms with Crippen LogP contribution in [0.5, 0.6) is 5.75 Å². The van der Waals surface area contributed by atoms with E-state index >= 15 is 0 Å². The predicted molar refractivity (Wildman–Crippen MR) is 63.3 cm³/mol. The molecule has 0 atom stereocenters. The average molecular weight is 273 g/mol. The third-order valence-electron chi connectivity index (χ3n) is 1.78. The number of benzene rings is 1. The quantitative estimate of drug-likeness (QED) is 0.876. The summed E-state index contributed by atoms with van der Waals surface area (Å²) in [5.41, 5.74) is 0.703. The number of halogens is 1. The van der Waals surface area contributed by atoms with Gasteiger partial charge in [-0.2, -0.15) is 0 Å². The van der Waals surface area contributed by atoms with Gasteiger partial charge in [-0.15, -0.1) is 0 Å². The molecule has 5 heteroatoms. The van der Waals surface area contributed by atoms with Crippen LogP contribution in [0.15, 0.2) is 22.7 Å². The summed E-state index contributed by atoms with van der Waals surface area (Å²) in [6, 6.07) is 5.41. The Bertz CT molecular complexity index is 355. The number of rotatable bonds is 4. The highest BCUT2D eigenvalue weighted by molar-refractivity contribution is 9.10. The highest BCUT2D eigenvalue weighted by atomic mass is 79.9. The van der Waals surface area contributed by atoms with Gasteiger partial charge in [-0.25, -0.2) is 0 Å². The van der Waals surface area contributed by atoms with E-state index in [-0.39, 0.29) is 12.5 Å². The fourth-order valence-electron chi connectivity index (χ4n) is 1.08. The van der Waals surface area contributed by atoms with Crippen LogP contribution >= 0.6 is 15.9 Å². The second-order valence-corrected chi connectivity index (χ2v) is 3.78. The second kappa shape index (κ2) is 5.72. The predicted octanol–water partition coefficient (Wildman–Crippen LogP) is 1.62. The van der Waals surface area contributed by atoms with Gasteiger partial charge >= 0.3 is 0 Å². The lowest BCUT2D eigenvalue weighted by molar-refractivity contribution is -0.115. The van der Waals surface area contributed by atoms with E-state index in [1.54, 1.807) is 20.2 Å². The Morgan fingerprint density at radius 3 is 2.87 bits per heavy atom. The zero-order valence-corrected chi connectivity index (χ0v) is 10.2. The summed E-state index contributed by atoms with van der Waals surface area (Å²) in [6.07, 6.45) is 0. The molecule has 0 aliphatic heterocycles. The molecule has 0 saturated carbocycles. The normalized spacial score (nSPS) is 9.80.